The van der Waals surface area contributed by atoms with Crippen molar-refractivity contribution in [3.8, 4) is 0 Å². The second-order valence-electron chi connectivity index (χ2n) is 5.60. The fourth-order valence-corrected chi connectivity index (χ4v) is 2.94. The van der Waals surface area contributed by atoms with Crippen LogP contribution in [0.15, 0.2) is 0 Å². The molecule has 2 aliphatic rings. The fourth-order valence-electron chi connectivity index (χ4n) is 2.94. The molecule has 2 nitrogen and oxygen atoms in total. The first-order chi connectivity index (χ1) is 7.22. The molecule has 15 heavy (non-hydrogen) atoms. The smallest absolute Gasteiger partial charge is 0.0771 e. The van der Waals surface area contributed by atoms with Gasteiger partial charge in [0.15, 0.2) is 0 Å². The van der Waals surface area contributed by atoms with Gasteiger partial charge in [-0.2, -0.15) is 0 Å². The third kappa shape index (κ3) is 2.94. The van der Waals surface area contributed by atoms with Gasteiger partial charge >= 0.3 is 0 Å². The molecule has 0 spiro atoms. The first kappa shape index (κ1) is 11.4. The lowest BCUT2D eigenvalue weighted by molar-refractivity contribution is -0.0344. The van der Waals surface area contributed by atoms with Gasteiger partial charge in [0, 0.05) is 12.6 Å². The first-order valence-corrected chi connectivity index (χ1v) is 6.67. The van der Waals surface area contributed by atoms with Gasteiger partial charge in [-0.15, -0.1) is 0 Å². The Morgan fingerprint density at radius 1 is 1.27 bits per heavy atom. The first-order valence-electron chi connectivity index (χ1n) is 6.67. The van der Waals surface area contributed by atoms with Crippen LogP contribution in [-0.2, 0) is 0 Å². The molecule has 0 saturated heterocycles. The second kappa shape index (κ2) is 4.84. The predicted molar refractivity (Wildman–Crippen MR) is 62.8 cm³/mol. The van der Waals surface area contributed by atoms with Gasteiger partial charge in [-0.05, 0) is 38.0 Å². The van der Waals surface area contributed by atoms with E-state index in [4.69, 9.17) is 0 Å². The molecule has 0 aromatic heterocycles. The summed E-state index contributed by atoms with van der Waals surface area (Å²) in [5, 5.41) is 13.6. The van der Waals surface area contributed by atoms with Gasteiger partial charge in [0.2, 0.25) is 0 Å². The van der Waals surface area contributed by atoms with E-state index in [0.717, 1.165) is 25.3 Å². The number of hydrogen-bond donors (Lipinski definition) is 2. The SMILES string of the molecule is CCC1CCCC(NCC2(O)CCC2)C1. The maximum Gasteiger partial charge on any atom is 0.0771 e. The average Bonchev–Trinajstić information content (AvgIpc) is 2.24. The molecule has 0 radical (unpaired) electrons. The summed E-state index contributed by atoms with van der Waals surface area (Å²) in [4.78, 5) is 0. The Kier molecular flexibility index (Phi) is 3.68. The summed E-state index contributed by atoms with van der Waals surface area (Å²) >= 11 is 0. The summed E-state index contributed by atoms with van der Waals surface area (Å²) in [6.07, 6.45) is 9.96. The Morgan fingerprint density at radius 2 is 2.07 bits per heavy atom. The molecule has 0 aliphatic heterocycles. The molecule has 2 saturated carbocycles. The van der Waals surface area contributed by atoms with Gasteiger partial charge in [0.1, 0.15) is 0 Å². The zero-order chi connectivity index (χ0) is 10.7. The standard InChI is InChI=1S/C13H25NO/c1-2-11-5-3-6-12(9-11)14-10-13(15)7-4-8-13/h11-12,14-15H,2-10H2,1H3. The van der Waals surface area contributed by atoms with Crippen molar-refractivity contribution in [3.63, 3.8) is 0 Å². The maximum atomic E-state index is 10.0. The zero-order valence-corrected chi connectivity index (χ0v) is 9.97. The molecule has 88 valence electrons. The van der Waals surface area contributed by atoms with E-state index >= 15 is 0 Å². The highest BCUT2D eigenvalue weighted by molar-refractivity contribution is 4.91. The molecule has 0 heterocycles. The van der Waals surface area contributed by atoms with Gasteiger partial charge in [-0.3, -0.25) is 0 Å². The van der Waals surface area contributed by atoms with E-state index in [-0.39, 0.29) is 5.60 Å². The van der Waals surface area contributed by atoms with Crippen LogP contribution in [0.4, 0.5) is 0 Å². The van der Waals surface area contributed by atoms with Crippen LogP contribution in [0.1, 0.15) is 58.3 Å². The molecule has 2 N–H and O–H groups in total. The minimum Gasteiger partial charge on any atom is -0.389 e. The van der Waals surface area contributed by atoms with Crippen LogP contribution in [0.5, 0.6) is 0 Å². The van der Waals surface area contributed by atoms with E-state index in [1.54, 1.807) is 0 Å². The molecule has 2 fully saturated rings. The molecule has 0 aromatic rings. The van der Waals surface area contributed by atoms with Crippen molar-refractivity contribution in [1.82, 2.24) is 5.32 Å². The van der Waals surface area contributed by atoms with E-state index in [2.05, 4.69) is 12.2 Å². The summed E-state index contributed by atoms with van der Waals surface area (Å²) in [7, 11) is 0. The largest absolute Gasteiger partial charge is 0.389 e. The maximum absolute atomic E-state index is 10.0. The lowest BCUT2D eigenvalue weighted by Crippen LogP contribution is -2.49. The normalized spacial score (nSPS) is 34.8. The molecule has 0 aromatic carbocycles. The van der Waals surface area contributed by atoms with Crippen LogP contribution < -0.4 is 5.32 Å². The Hall–Kier alpha value is -0.0800. The predicted octanol–water partition coefficient (Wildman–Crippen LogP) is 2.46. The molecule has 0 amide bonds. The van der Waals surface area contributed by atoms with Gasteiger partial charge in [0.25, 0.3) is 0 Å². The highest BCUT2D eigenvalue weighted by atomic mass is 16.3. The van der Waals surface area contributed by atoms with Crippen molar-refractivity contribution in [3.05, 3.63) is 0 Å². The molecular weight excluding hydrogens is 186 g/mol. The van der Waals surface area contributed by atoms with E-state index in [0.29, 0.717) is 6.04 Å². The molecule has 2 atom stereocenters. The topological polar surface area (TPSA) is 32.3 Å². The van der Waals surface area contributed by atoms with Gasteiger partial charge in [-0.25, -0.2) is 0 Å². The third-order valence-corrected chi connectivity index (χ3v) is 4.36. The number of hydrogen-bond acceptors (Lipinski definition) is 2. The third-order valence-electron chi connectivity index (χ3n) is 4.36. The Bertz CT molecular complexity index is 201. The van der Waals surface area contributed by atoms with Crippen LogP contribution in [0.2, 0.25) is 0 Å². The summed E-state index contributed by atoms with van der Waals surface area (Å²) in [6.45, 7) is 3.13. The van der Waals surface area contributed by atoms with Crippen LogP contribution in [0.3, 0.4) is 0 Å². The van der Waals surface area contributed by atoms with Crippen molar-refractivity contribution in [2.24, 2.45) is 5.92 Å². The summed E-state index contributed by atoms with van der Waals surface area (Å²) < 4.78 is 0. The van der Waals surface area contributed by atoms with E-state index in [1.807, 2.05) is 0 Å². The minimum absolute atomic E-state index is 0.348. The van der Waals surface area contributed by atoms with Crippen molar-refractivity contribution < 1.29 is 5.11 Å². The molecule has 0 bridgehead atoms. The van der Waals surface area contributed by atoms with E-state index < -0.39 is 0 Å². The summed E-state index contributed by atoms with van der Waals surface area (Å²) in [5.41, 5.74) is -0.348. The monoisotopic (exact) mass is 211 g/mol. The molecule has 2 aliphatic carbocycles. The number of rotatable bonds is 4. The van der Waals surface area contributed by atoms with Gasteiger partial charge in [-0.1, -0.05) is 26.2 Å². The fraction of sp³-hybridized carbons (Fsp3) is 1.00. The summed E-state index contributed by atoms with van der Waals surface area (Å²) in [5.74, 6) is 0.923. The van der Waals surface area contributed by atoms with Gasteiger partial charge < -0.3 is 10.4 Å². The highest BCUT2D eigenvalue weighted by Crippen LogP contribution is 2.32. The Labute approximate surface area is 93.5 Å². The van der Waals surface area contributed by atoms with E-state index in [9.17, 15) is 5.11 Å². The number of nitrogens with one attached hydrogen (secondary N) is 1. The van der Waals surface area contributed by atoms with Crippen molar-refractivity contribution in [1.29, 1.82) is 0 Å². The van der Waals surface area contributed by atoms with Crippen LogP contribution in [-0.4, -0.2) is 23.3 Å². The lowest BCUT2D eigenvalue weighted by Gasteiger charge is -2.39. The van der Waals surface area contributed by atoms with Crippen molar-refractivity contribution in [2.45, 2.75) is 69.9 Å². The highest BCUT2D eigenvalue weighted by Gasteiger charge is 2.34. The average molecular weight is 211 g/mol. The van der Waals surface area contributed by atoms with Crippen LogP contribution >= 0.6 is 0 Å². The lowest BCUT2D eigenvalue weighted by atomic mass is 9.79. The summed E-state index contributed by atoms with van der Waals surface area (Å²) in [6, 6.07) is 0.674. The Balaban J connectivity index is 1.69. The van der Waals surface area contributed by atoms with Crippen molar-refractivity contribution in [2.75, 3.05) is 6.54 Å². The van der Waals surface area contributed by atoms with Gasteiger partial charge in [0.05, 0.1) is 5.60 Å². The molecule has 2 rings (SSSR count). The minimum atomic E-state index is -0.348. The van der Waals surface area contributed by atoms with E-state index in [1.165, 1.54) is 38.5 Å². The van der Waals surface area contributed by atoms with Crippen molar-refractivity contribution >= 4 is 0 Å². The van der Waals surface area contributed by atoms with Crippen LogP contribution in [0, 0.1) is 5.92 Å². The zero-order valence-electron chi connectivity index (χ0n) is 9.97. The number of aliphatic hydroxyl groups is 1. The quantitative estimate of drug-likeness (QED) is 0.748. The Morgan fingerprint density at radius 3 is 2.67 bits per heavy atom. The molecule has 2 unspecified atom stereocenters. The second-order valence-corrected chi connectivity index (χ2v) is 5.60. The molecular formula is C13H25NO. The molecule has 2 heteroatoms. The van der Waals surface area contributed by atoms with Crippen LogP contribution in [0.25, 0.3) is 0 Å².